The number of rotatable bonds is 3. The van der Waals surface area contributed by atoms with Gasteiger partial charge in [-0.15, -0.1) is 0 Å². The Morgan fingerprint density at radius 1 is 1.29 bits per heavy atom. The van der Waals surface area contributed by atoms with E-state index in [1.807, 2.05) is 0 Å². The number of H-pyrrole nitrogens is 2. The predicted octanol–water partition coefficient (Wildman–Crippen LogP) is 1.58. The maximum atomic E-state index is 11.5. The molecule has 17 heavy (non-hydrogen) atoms. The minimum atomic E-state index is -1.87. The van der Waals surface area contributed by atoms with E-state index in [-0.39, 0.29) is 17.2 Å². The van der Waals surface area contributed by atoms with Gasteiger partial charge in [0.1, 0.15) is 0 Å². The van der Waals surface area contributed by atoms with E-state index in [1.165, 1.54) is 6.20 Å². The zero-order valence-corrected chi connectivity index (χ0v) is 12.0. The Hall–Kier alpha value is -1.14. The number of nitrogens with one attached hydrogen (secondary N) is 2. The van der Waals surface area contributed by atoms with E-state index in [0.717, 1.165) is 0 Å². The van der Waals surface area contributed by atoms with Crippen LogP contribution in [-0.4, -0.2) is 18.3 Å². The molecule has 0 aliphatic heterocycles. The summed E-state index contributed by atoms with van der Waals surface area (Å²) in [5.41, 5.74) is -0.423. The molecule has 0 bridgehead atoms. The fourth-order valence-electron chi connectivity index (χ4n) is 1.02. The topological polar surface area (TPSA) is 75.0 Å². The summed E-state index contributed by atoms with van der Waals surface area (Å²) >= 11 is 0. The van der Waals surface area contributed by atoms with Gasteiger partial charge < -0.3 is 9.41 Å². The van der Waals surface area contributed by atoms with Crippen molar-refractivity contribution in [2.45, 2.75) is 45.5 Å². The number of aromatic nitrogens is 2. The van der Waals surface area contributed by atoms with Crippen LogP contribution in [0.15, 0.2) is 15.8 Å². The first-order valence-electron chi connectivity index (χ1n) is 5.58. The summed E-state index contributed by atoms with van der Waals surface area (Å²) in [6.07, 6.45) is 1.41. The summed E-state index contributed by atoms with van der Waals surface area (Å²) in [7, 11) is -1.87. The third kappa shape index (κ3) is 3.40. The molecule has 0 aliphatic carbocycles. The first-order valence-corrected chi connectivity index (χ1v) is 8.49. The molecule has 2 N–H and O–H groups in total. The second-order valence-corrected chi connectivity index (χ2v) is 10.5. The van der Waals surface area contributed by atoms with Gasteiger partial charge in [0.25, 0.3) is 5.56 Å². The van der Waals surface area contributed by atoms with Crippen molar-refractivity contribution in [3.05, 3.63) is 32.6 Å². The highest BCUT2D eigenvalue weighted by atomic mass is 28.4. The Bertz CT molecular complexity index is 496. The van der Waals surface area contributed by atoms with Gasteiger partial charge in [-0.25, -0.2) is 4.79 Å². The average molecular weight is 256 g/mol. The lowest BCUT2D eigenvalue weighted by Gasteiger charge is -2.36. The lowest BCUT2D eigenvalue weighted by Crippen LogP contribution is -2.41. The van der Waals surface area contributed by atoms with Crippen molar-refractivity contribution in [1.82, 2.24) is 9.97 Å². The van der Waals surface area contributed by atoms with Gasteiger partial charge in [-0.3, -0.25) is 9.78 Å². The Morgan fingerprint density at radius 3 is 2.35 bits per heavy atom. The molecule has 5 nitrogen and oxygen atoms in total. The van der Waals surface area contributed by atoms with E-state index in [1.54, 1.807) is 0 Å². The molecule has 0 amide bonds. The molecular weight excluding hydrogens is 236 g/mol. The highest BCUT2D eigenvalue weighted by Crippen LogP contribution is 2.36. The predicted molar refractivity (Wildman–Crippen MR) is 69.7 cm³/mol. The van der Waals surface area contributed by atoms with Crippen LogP contribution in [-0.2, 0) is 11.0 Å². The van der Waals surface area contributed by atoms with Gasteiger partial charge in [0, 0.05) is 6.20 Å². The molecule has 0 saturated heterocycles. The first kappa shape index (κ1) is 13.9. The fraction of sp³-hybridized carbons (Fsp3) is 0.636. The van der Waals surface area contributed by atoms with E-state index in [2.05, 4.69) is 43.8 Å². The summed E-state index contributed by atoms with van der Waals surface area (Å²) in [4.78, 5) is 26.9. The smallest absolute Gasteiger partial charge is 0.325 e. The molecule has 1 heterocycles. The normalized spacial score (nSPS) is 12.8. The molecule has 0 radical (unpaired) electrons. The zero-order valence-electron chi connectivity index (χ0n) is 11.0. The quantitative estimate of drug-likeness (QED) is 0.806. The molecule has 0 saturated carbocycles. The standard InChI is InChI=1S/C11H20N2O3Si/c1-11(2,3)17(4,5)16-7-8-6-12-10(15)13-9(8)14/h6H,7H2,1-5H3,(H2,12,13,14,15). The lowest BCUT2D eigenvalue weighted by molar-refractivity contribution is 0.274. The van der Waals surface area contributed by atoms with Gasteiger partial charge >= 0.3 is 5.69 Å². The van der Waals surface area contributed by atoms with Crippen molar-refractivity contribution in [2.75, 3.05) is 0 Å². The van der Waals surface area contributed by atoms with Crippen molar-refractivity contribution in [3.8, 4) is 0 Å². The summed E-state index contributed by atoms with van der Waals surface area (Å²) in [6, 6.07) is 0. The largest absolute Gasteiger partial charge is 0.412 e. The molecule has 1 aromatic heterocycles. The number of hydrogen-bond acceptors (Lipinski definition) is 3. The third-order valence-electron chi connectivity index (χ3n) is 3.29. The molecule has 0 fully saturated rings. The molecule has 1 aromatic rings. The highest BCUT2D eigenvalue weighted by molar-refractivity contribution is 6.74. The molecule has 0 aliphatic rings. The van der Waals surface area contributed by atoms with Crippen molar-refractivity contribution in [3.63, 3.8) is 0 Å². The maximum absolute atomic E-state index is 11.5. The van der Waals surface area contributed by atoms with Gasteiger partial charge in [0.05, 0.1) is 12.2 Å². The summed E-state index contributed by atoms with van der Waals surface area (Å²) in [6.45, 7) is 10.9. The van der Waals surface area contributed by atoms with Crippen LogP contribution < -0.4 is 11.2 Å². The van der Waals surface area contributed by atoms with Gasteiger partial charge in [0.15, 0.2) is 8.32 Å². The Balaban J connectivity index is 2.81. The molecule has 96 valence electrons. The molecule has 0 spiro atoms. The second-order valence-electron chi connectivity index (χ2n) is 5.65. The minimum absolute atomic E-state index is 0.0992. The zero-order chi connectivity index (χ0) is 13.3. The summed E-state index contributed by atoms with van der Waals surface area (Å²) in [5.74, 6) is 0. The molecule has 6 heteroatoms. The third-order valence-corrected chi connectivity index (χ3v) is 7.77. The van der Waals surface area contributed by atoms with E-state index < -0.39 is 14.0 Å². The van der Waals surface area contributed by atoms with Crippen molar-refractivity contribution < 1.29 is 4.43 Å². The van der Waals surface area contributed by atoms with Crippen LogP contribution in [0.4, 0.5) is 0 Å². The summed E-state index contributed by atoms with van der Waals surface area (Å²) < 4.78 is 5.90. The second kappa shape index (κ2) is 4.62. The van der Waals surface area contributed by atoms with Crippen LogP contribution in [0.1, 0.15) is 26.3 Å². The average Bonchev–Trinajstić information content (AvgIpc) is 2.14. The van der Waals surface area contributed by atoms with Gasteiger partial charge in [-0.05, 0) is 18.1 Å². The van der Waals surface area contributed by atoms with E-state index in [0.29, 0.717) is 5.56 Å². The molecule has 0 aromatic carbocycles. The molecule has 1 rings (SSSR count). The van der Waals surface area contributed by atoms with Crippen LogP contribution in [0.5, 0.6) is 0 Å². The molecular formula is C11H20N2O3Si. The maximum Gasteiger partial charge on any atom is 0.325 e. The highest BCUT2D eigenvalue weighted by Gasteiger charge is 2.37. The van der Waals surface area contributed by atoms with Gasteiger partial charge in [0.2, 0.25) is 0 Å². The molecule has 0 unspecified atom stereocenters. The van der Waals surface area contributed by atoms with Crippen molar-refractivity contribution in [2.24, 2.45) is 0 Å². The minimum Gasteiger partial charge on any atom is -0.412 e. The van der Waals surface area contributed by atoms with Crippen LogP contribution in [0, 0.1) is 0 Å². The number of aromatic amines is 2. The van der Waals surface area contributed by atoms with Gasteiger partial charge in [-0.1, -0.05) is 20.8 Å². The van der Waals surface area contributed by atoms with Crippen LogP contribution in [0.25, 0.3) is 0 Å². The van der Waals surface area contributed by atoms with Crippen LogP contribution >= 0.6 is 0 Å². The number of hydrogen-bond donors (Lipinski definition) is 2. The molecule has 0 atom stereocenters. The van der Waals surface area contributed by atoms with E-state index in [4.69, 9.17) is 4.43 Å². The SMILES string of the molecule is CC(C)(C)[Si](C)(C)OCc1c[nH]c(=O)[nH]c1=O. The summed E-state index contributed by atoms with van der Waals surface area (Å²) in [5, 5.41) is 0.0992. The van der Waals surface area contributed by atoms with E-state index in [9.17, 15) is 9.59 Å². The monoisotopic (exact) mass is 256 g/mol. The Kier molecular flexibility index (Phi) is 3.78. The van der Waals surface area contributed by atoms with Crippen molar-refractivity contribution >= 4 is 8.32 Å². The van der Waals surface area contributed by atoms with Gasteiger partial charge in [-0.2, -0.15) is 0 Å². The van der Waals surface area contributed by atoms with Crippen LogP contribution in [0.2, 0.25) is 18.1 Å². The van der Waals surface area contributed by atoms with Crippen LogP contribution in [0.3, 0.4) is 0 Å². The Morgan fingerprint density at radius 2 is 1.88 bits per heavy atom. The lowest BCUT2D eigenvalue weighted by atomic mass is 10.2. The van der Waals surface area contributed by atoms with Crippen molar-refractivity contribution in [1.29, 1.82) is 0 Å². The fourth-order valence-corrected chi connectivity index (χ4v) is 1.97. The Labute approximate surface area is 101 Å². The first-order chi connectivity index (χ1) is 7.63. The van der Waals surface area contributed by atoms with E-state index >= 15 is 0 Å².